The van der Waals surface area contributed by atoms with Gasteiger partial charge in [0.25, 0.3) is 0 Å². The van der Waals surface area contributed by atoms with Crippen molar-refractivity contribution < 1.29 is 101 Å². The zero-order valence-electron chi connectivity index (χ0n) is 66.4. The molecule has 1 aliphatic rings. The highest BCUT2D eigenvalue weighted by atomic mass is 16.6. The smallest absolute Gasteiger partial charge is 0.407 e. The van der Waals surface area contributed by atoms with Crippen molar-refractivity contribution >= 4 is 83.6 Å². The Morgan fingerprint density at radius 3 is 1.28 bits per heavy atom. The van der Waals surface area contributed by atoms with E-state index in [0.29, 0.717) is 5.56 Å². The van der Waals surface area contributed by atoms with Gasteiger partial charge in [-0.1, -0.05) is 50.3 Å². The molecule has 109 heavy (non-hydrogen) atoms. The summed E-state index contributed by atoms with van der Waals surface area (Å²) in [7, 11) is 0. The molecule has 0 radical (unpaired) electrons. The summed E-state index contributed by atoms with van der Waals surface area (Å²) in [5, 5.41) is 61.1. The first-order chi connectivity index (χ1) is 50.4. The molecule has 0 saturated carbocycles. The molecule has 616 valence electrons. The Labute approximate surface area is 638 Å². The van der Waals surface area contributed by atoms with Gasteiger partial charge < -0.3 is 119 Å². The number of hydrogen-bond donors (Lipinski definition) is 18. The molecular weight excluding hydrogens is 1420 g/mol. The van der Waals surface area contributed by atoms with Crippen molar-refractivity contribution in [1.29, 1.82) is 0 Å². The van der Waals surface area contributed by atoms with Crippen LogP contribution in [0.4, 0.5) is 24.0 Å². The van der Waals surface area contributed by atoms with E-state index in [9.17, 15) is 63.0 Å². The second kappa shape index (κ2) is 44.6. The molecule has 14 amide bonds. The van der Waals surface area contributed by atoms with E-state index in [2.05, 4.69) is 86.3 Å². The van der Waals surface area contributed by atoms with E-state index in [1.807, 2.05) is 0 Å². The molecule has 1 aromatic rings. The lowest BCUT2D eigenvalue weighted by molar-refractivity contribution is -0.136. The van der Waals surface area contributed by atoms with Gasteiger partial charge in [-0.15, -0.1) is 0 Å². The summed E-state index contributed by atoms with van der Waals surface area (Å²) >= 11 is 0. The van der Waals surface area contributed by atoms with Crippen LogP contribution in [-0.2, 0) is 73.3 Å². The molecule has 0 aromatic heterocycles. The monoisotopic (exact) mass is 1550 g/mol. The largest absolute Gasteiger partial charge is 0.444 e. The van der Waals surface area contributed by atoms with Crippen molar-refractivity contribution in [3.8, 4) is 0 Å². The molecule has 0 spiro atoms. The lowest BCUT2D eigenvalue weighted by atomic mass is 10.0. The Kier molecular flexibility index (Phi) is 39.0. The summed E-state index contributed by atoms with van der Waals surface area (Å²) < 4.78 is 26.8. The number of amides is 14. The molecule has 1 heterocycles. The maximum absolute atomic E-state index is 15.2. The molecule has 0 bridgehead atoms. The molecule has 1 aromatic carbocycles. The third kappa shape index (κ3) is 40.3. The average molecular weight is 1550 g/mol. The minimum absolute atomic E-state index is 0.0616. The molecule has 1 aliphatic heterocycles. The molecule has 2 unspecified atom stereocenters. The van der Waals surface area contributed by atoms with Gasteiger partial charge in [0.15, 0.2) is 0 Å². The van der Waals surface area contributed by atoms with E-state index >= 15 is 14.4 Å². The number of carbonyl (C=O) groups is 14. The number of benzene rings is 1. The van der Waals surface area contributed by atoms with Gasteiger partial charge in [-0.25, -0.2) is 24.0 Å². The van der Waals surface area contributed by atoms with Crippen LogP contribution in [0.2, 0.25) is 0 Å². The van der Waals surface area contributed by atoms with E-state index in [4.69, 9.17) is 29.4 Å². The van der Waals surface area contributed by atoms with E-state index in [1.54, 1.807) is 141 Å². The quantitative estimate of drug-likeness (QED) is 0.0535. The van der Waals surface area contributed by atoms with Gasteiger partial charge in [0.1, 0.15) is 76.3 Å². The van der Waals surface area contributed by atoms with E-state index in [-0.39, 0.29) is 63.9 Å². The second-order valence-corrected chi connectivity index (χ2v) is 31.3. The Bertz CT molecular complexity index is 3230. The van der Waals surface area contributed by atoms with Crippen molar-refractivity contribution in [2.24, 2.45) is 5.73 Å². The average Bonchev–Trinajstić information content (AvgIpc) is 1.20. The van der Waals surface area contributed by atoms with Crippen LogP contribution in [0.15, 0.2) is 42.6 Å². The van der Waals surface area contributed by atoms with E-state index < -0.39 is 223 Å². The number of carbonyl (C=O) groups excluding carboxylic acids is 14. The Balaban J connectivity index is 3.04. The first kappa shape index (κ1) is 95.3. The molecule has 1 fully saturated rings. The first-order valence-corrected chi connectivity index (χ1v) is 36.5. The second-order valence-electron chi connectivity index (χ2n) is 31.3. The zero-order valence-corrected chi connectivity index (χ0v) is 66.4. The molecule has 0 aliphatic carbocycles. The van der Waals surface area contributed by atoms with Gasteiger partial charge in [-0.2, -0.15) is 0 Å². The number of hydrogen-bond acceptors (Lipinski definition) is 23. The van der Waals surface area contributed by atoms with Gasteiger partial charge >= 0.3 is 30.5 Å². The van der Waals surface area contributed by atoms with Crippen molar-refractivity contribution in [3.05, 3.63) is 48.2 Å². The molecular formula is C72H122N16O21. The first-order valence-electron chi connectivity index (χ1n) is 36.5. The van der Waals surface area contributed by atoms with Gasteiger partial charge in [0.05, 0.1) is 24.3 Å². The fraction of sp³-hybridized carbons (Fsp3) is 0.694. The fourth-order valence-electron chi connectivity index (χ4n) is 10.0. The minimum Gasteiger partial charge on any atom is -0.444 e. The SMILES string of the molecule is C=C1N[C@@H](C(C)O)C(=O)NCC[C@H](NC(=O)[C@H](CCNC(=O)OC(C)(C)C)NC(=O)[C@@H](NC(=O)[C@@H](N)CCNC(=O)OC(C)(C)C)C(C)O)C(=O)N[C@@H](CCNC(=O)OC(C)(C)C)C(=O)N[C@H](Cc2ccccc2)C(=O)N[C@@H](CCC)C(=O)N[C@@H](CCNC(=O)OC(C)(C)C)C(=O)N[C@H]1CCNC(=O)OC(C)(C)C. The summed E-state index contributed by atoms with van der Waals surface area (Å²) in [6.07, 6.45) is -9.98. The van der Waals surface area contributed by atoms with Gasteiger partial charge in [0, 0.05) is 51.4 Å². The number of rotatable bonds is 27. The molecule has 1 saturated heterocycles. The van der Waals surface area contributed by atoms with Crippen LogP contribution in [-0.4, -0.2) is 234 Å². The van der Waals surface area contributed by atoms with Crippen molar-refractivity contribution in [3.63, 3.8) is 0 Å². The molecule has 12 atom stereocenters. The number of alkyl carbamates (subject to hydrolysis) is 5. The molecule has 37 nitrogen and oxygen atoms in total. The number of ether oxygens (including phenoxy) is 5. The number of nitrogens with one attached hydrogen (secondary N) is 15. The predicted octanol–water partition coefficient (Wildman–Crippen LogP) is 0.562. The maximum atomic E-state index is 15.2. The standard InChI is InChI=1S/C72H122N16O21/c1-20-24-46-55(92)83-48(30-36-77-65(102)107-70(11,12)13)56(93)81-45(28-35-76-64(101)106-69(8,9)10)40(2)80-52(41(3)89)61(98)74-34-29-47(57(94)85-49(31-37-78-66(103)108-71(14,15)16)59(96)87-51(60(97)82-46)39-43-25-22-21-23-26-43)84-58(95)50(32-38-79-67(104)109-72(17,18)19)86-62(99)53(42(4)90)88-54(91)44(73)27-33-75-63(100)105-68(5,6)7/h21-23,25-26,41-42,44-53,80,89-90H,2,20,24,27-39,73H2,1,3-19H3,(H,74,98)(H,75,100)(H,76,101)(H,77,102)(H,78,103)(H,79,104)(H,81,93)(H,82,97)(H,83,92)(H,84,95)(H,85,94)(H,86,99)(H,87,96)(H,88,91)/t41?,42?,44-,45-,46-,47-,48-,49-,50-,51+,52-,53-/m0/s1. The Morgan fingerprint density at radius 2 is 0.862 bits per heavy atom. The molecule has 2 rings (SSSR count). The van der Waals surface area contributed by atoms with Crippen molar-refractivity contribution in [1.82, 2.24) is 79.8 Å². The third-order valence-corrected chi connectivity index (χ3v) is 15.2. The van der Waals surface area contributed by atoms with Crippen LogP contribution in [0.5, 0.6) is 0 Å². The van der Waals surface area contributed by atoms with Crippen LogP contribution in [0, 0.1) is 0 Å². The van der Waals surface area contributed by atoms with Crippen LogP contribution >= 0.6 is 0 Å². The van der Waals surface area contributed by atoms with Gasteiger partial charge in [-0.05, 0) is 168 Å². The van der Waals surface area contributed by atoms with Crippen LogP contribution in [0.3, 0.4) is 0 Å². The highest BCUT2D eigenvalue weighted by Gasteiger charge is 2.38. The van der Waals surface area contributed by atoms with E-state index in [0.717, 1.165) is 6.92 Å². The Morgan fingerprint density at radius 1 is 0.486 bits per heavy atom. The zero-order chi connectivity index (χ0) is 83.0. The topological polar surface area (TPSA) is 532 Å². The summed E-state index contributed by atoms with van der Waals surface area (Å²) in [5.41, 5.74) is 1.77. The Hall–Kier alpha value is -9.78. The van der Waals surface area contributed by atoms with Crippen molar-refractivity contribution in [2.75, 3.05) is 39.3 Å². The third-order valence-electron chi connectivity index (χ3n) is 15.2. The van der Waals surface area contributed by atoms with Crippen LogP contribution in [0.25, 0.3) is 0 Å². The lowest BCUT2D eigenvalue weighted by Crippen LogP contribution is -2.62. The normalized spacial score (nSPS) is 20.5. The lowest BCUT2D eigenvalue weighted by Gasteiger charge is -2.30. The van der Waals surface area contributed by atoms with Crippen LogP contribution in [0.1, 0.15) is 182 Å². The number of aliphatic hydroxyl groups excluding tert-OH is 2. The van der Waals surface area contributed by atoms with Gasteiger partial charge in [0.2, 0.25) is 53.2 Å². The summed E-state index contributed by atoms with van der Waals surface area (Å²) in [5.74, 6) is -9.32. The maximum Gasteiger partial charge on any atom is 0.407 e. The van der Waals surface area contributed by atoms with Crippen molar-refractivity contribution in [2.45, 2.75) is 283 Å². The number of nitrogens with two attached hydrogens (primary N) is 1. The highest BCUT2D eigenvalue weighted by Crippen LogP contribution is 2.15. The predicted molar refractivity (Wildman–Crippen MR) is 400 cm³/mol. The van der Waals surface area contributed by atoms with Gasteiger partial charge in [-0.3, -0.25) is 43.2 Å². The highest BCUT2D eigenvalue weighted by molar-refractivity contribution is 5.98. The number of aliphatic hydroxyl groups is 2. The fourth-order valence-corrected chi connectivity index (χ4v) is 10.0. The molecule has 19 N–H and O–H groups in total. The van der Waals surface area contributed by atoms with E-state index in [1.165, 1.54) is 6.92 Å². The van der Waals surface area contributed by atoms with Crippen LogP contribution < -0.4 is 85.5 Å². The molecule has 37 heteroatoms. The minimum atomic E-state index is -1.87. The summed E-state index contributed by atoms with van der Waals surface area (Å²) in [4.78, 5) is 196. The summed E-state index contributed by atoms with van der Waals surface area (Å²) in [6.45, 7) is 30.4. The summed E-state index contributed by atoms with van der Waals surface area (Å²) in [6, 6.07) is -7.82.